The summed E-state index contributed by atoms with van der Waals surface area (Å²) >= 11 is 0. The number of aryl methyl sites for hydroxylation is 2. The van der Waals surface area contributed by atoms with Crippen LogP contribution in [-0.2, 0) is 11.3 Å². The van der Waals surface area contributed by atoms with Gasteiger partial charge < -0.3 is 14.8 Å². The van der Waals surface area contributed by atoms with Crippen LogP contribution in [0.1, 0.15) is 57.0 Å². The van der Waals surface area contributed by atoms with Crippen molar-refractivity contribution >= 4 is 28.4 Å². The predicted molar refractivity (Wildman–Crippen MR) is 127 cm³/mol. The summed E-state index contributed by atoms with van der Waals surface area (Å²) in [4.78, 5) is 32.9. The SMILES string of the molecule is Cc1nn(C(C)C)c(C)c1NC(=O)CCn1c(=O)c(N2CCCCC2)nc2ccccc21. The molecule has 8 nitrogen and oxygen atoms in total. The van der Waals surface area contributed by atoms with E-state index in [2.05, 4.69) is 34.1 Å². The molecule has 1 amide bonds. The number of hydrogen-bond acceptors (Lipinski definition) is 5. The highest BCUT2D eigenvalue weighted by Gasteiger charge is 2.20. The van der Waals surface area contributed by atoms with Gasteiger partial charge in [-0.15, -0.1) is 0 Å². The van der Waals surface area contributed by atoms with E-state index in [1.54, 1.807) is 4.57 Å². The molecule has 8 heteroatoms. The van der Waals surface area contributed by atoms with Gasteiger partial charge in [-0.1, -0.05) is 12.1 Å². The first-order valence-corrected chi connectivity index (χ1v) is 11.5. The van der Waals surface area contributed by atoms with Crippen LogP contribution in [0.3, 0.4) is 0 Å². The lowest BCUT2D eigenvalue weighted by molar-refractivity contribution is -0.116. The number of amides is 1. The van der Waals surface area contributed by atoms with Gasteiger partial charge >= 0.3 is 0 Å². The lowest BCUT2D eigenvalue weighted by atomic mass is 10.1. The van der Waals surface area contributed by atoms with Gasteiger partial charge in [0.2, 0.25) is 5.91 Å². The fraction of sp³-hybridized carbons (Fsp3) is 0.500. The van der Waals surface area contributed by atoms with Crippen molar-refractivity contribution in [1.29, 1.82) is 0 Å². The molecule has 3 heterocycles. The number of rotatable bonds is 6. The number of benzene rings is 1. The molecule has 0 aliphatic carbocycles. The number of carbonyl (C=O) groups is 1. The van der Waals surface area contributed by atoms with E-state index in [9.17, 15) is 9.59 Å². The van der Waals surface area contributed by atoms with E-state index in [-0.39, 0.29) is 23.9 Å². The van der Waals surface area contributed by atoms with E-state index in [0.717, 1.165) is 54.0 Å². The van der Waals surface area contributed by atoms with E-state index in [1.807, 2.05) is 42.8 Å². The van der Waals surface area contributed by atoms with Gasteiger partial charge in [0.15, 0.2) is 5.82 Å². The van der Waals surface area contributed by atoms with Crippen LogP contribution in [0.25, 0.3) is 11.0 Å². The normalized spacial score (nSPS) is 14.3. The minimum atomic E-state index is -0.133. The molecule has 32 heavy (non-hydrogen) atoms. The molecule has 1 aromatic carbocycles. The van der Waals surface area contributed by atoms with Crippen molar-refractivity contribution in [3.05, 3.63) is 46.0 Å². The number of para-hydroxylation sites is 2. The van der Waals surface area contributed by atoms with Crippen LogP contribution in [0.4, 0.5) is 11.5 Å². The van der Waals surface area contributed by atoms with Crippen LogP contribution in [-0.4, -0.2) is 38.3 Å². The summed E-state index contributed by atoms with van der Waals surface area (Å²) < 4.78 is 3.61. The monoisotopic (exact) mass is 436 g/mol. The zero-order valence-corrected chi connectivity index (χ0v) is 19.4. The van der Waals surface area contributed by atoms with E-state index in [4.69, 9.17) is 0 Å². The second-order valence-corrected chi connectivity index (χ2v) is 8.81. The Morgan fingerprint density at radius 3 is 2.53 bits per heavy atom. The number of anilines is 2. The van der Waals surface area contributed by atoms with E-state index in [0.29, 0.717) is 12.4 Å². The van der Waals surface area contributed by atoms with Crippen molar-refractivity contribution in [3.63, 3.8) is 0 Å². The summed E-state index contributed by atoms with van der Waals surface area (Å²) in [5.74, 6) is 0.362. The highest BCUT2D eigenvalue weighted by Crippen LogP contribution is 2.23. The average molecular weight is 437 g/mol. The smallest absolute Gasteiger partial charge is 0.294 e. The van der Waals surface area contributed by atoms with Crippen LogP contribution < -0.4 is 15.8 Å². The largest absolute Gasteiger partial charge is 0.352 e. The molecule has 1 aliphatic heterocycles. The van der Waals surface area contributed by atoms with Gasteiger partial charge in [-0.2, -0.15) is 5.10 Å². The predicted octanol–water partition coefficient (Wildman–Crippen LogP) is 3.81. The lowest BCUT2D eigenvalue weighted by Gasteiger charge is -2.27. The van der Waals surface area contributed by atoms with Crippen molar-refractivity contribution < 1.29 is 4.79 Å². The van der Waals surface area contributed by atoms with E-state index < -0.39 is 0 Å². The van der Waals surface area contributed by atoms with Crippen LogP contribution in [0.15, 0.2) is 29.1 Å². The third-order valence-corrected chi connectivity index (χ3v) is 6.13. The third-order valence-electron chi connectivity index (χ3n) is 6.13. The number of piperidine rings is 1. The molecule has 1 fully saturated rings. The molecule has 0 saturated carbocycles. The molecule has 0 bridgehead atoms. The first-order valence-electron chi connectivity index (χ1n) is 11.5. The molecule has 0 spiro atoms. The Hall–Kier alpha value is -3.16. The Bertz CT molecular complexity index is 1190. The molecule has 170 valence electrons. The van der Waals surface area contributed by atoms with Gasteiger partial charge in [-0.05, 0) is 59.1 Å². The molecule has 1 aliphatic rings. The number of aromatic nitrogens is 4. The summed E-state index contributed by atoms with van der Waals surface area (Å²) in [6.07, 6.45) is 3.52. The maximum Gasteiger partial charge on any atom is 0.294 e. The van der Waals surface area contributed by atoms with Crippen molar-refractivity contribution in [2.24, 2.45) is 0 Å². The summed E-state index contributed by atoms with van der Waals surface area (Å²) in [7, 11) is 0. The van der Waals surface area contributed by atoms with E-state index >= 15 is 0 Å². The number of fused-ring (bicyclic) bond motifs is 1. The molecule has 4 rings (SSSR count). The molecule has 2 aromatic heterocycles. The molecule has 1 N–H and O–H groups in total. The average Bonchev–Trinajstić information content (AvgIpc) is 3.07. The molecular weight excluding hydrogens is 404 g/mol. The van der Waals surface area contributed by atoms with Gasteiger partial charge in [0.1, 0.15) is 0 Å². The Morgan fingerprint density at radius 1 is 1.12 bits per heavy atom. The minimum absolute atomic E-state index is 0.126. The van der Waals surface area contributed by atoms with Gasteiger partial charge in [0.05, 0.1) is 28.1 Å². The first kappa shape index (κ1) is 22.0. The Morgan fingerprint density at radius 2 is 1.84 bits per heavy atom. The van der Waals surface area contributed by atoms with Crippen LogP contribution >= 0.6 is 0 Å². The Balaban J connectivity index is 1.58. The van der Waals surface area contributed by atoms with Crippen molar-refractivity contribution in [1.82, 2.24) is 19.3 Å². The highest BCUT2D eigenvalue weighted by molar-refractivity contribution is 5.92. The fourth-order valence-corrected chi connectivity index (χ4v) is 4.47. The fourth-order valence-electron chi connectivity index (χ4n) is 4.47. The van der Waals surface area contributed by atoms with Gasteiger partial charge in [-0.3, -0.25) is 14.3 Å². The number of carbonyl (C=O) groups excluding carboxylic acids is 1. The lowest BCUT2D eigenvalue weighted by Crippen LogP contribution is -2.37. The minimum Gasteiger partial charge on any atom is -0.352 e. The second kappa shape index (κ2) is 9.14. The van der Waals surface area contributed by atoms with Crippen molar-refractivity contribution in [2.45, 2.75) is 66.0 Å². The van der Waals surface area contributed by atoms with Crippen molar-refractivity contribution in [2.75, 3.05) is 23.3 Å². The number of hydrogen-bond donors (Lipinski definition) is 1. The van der Waals surface area contributed by atoms with Gasteiger partial charge in [0, 0.05) is 32.1 Å². The molecule has 0 unspecified atom stereocenters. The second-order valence-electron chi connectivity index (χ2n) is 8.81. The van der Waals surface area contributed by atoms with E-state index in [1.165, 1.54) is 6.42 Å². The Kier molecular flexibility index (Phi) is 6.30. The third kappa shape index (κ3) is 4.26. The summed E-state index contributed by atoms with van der Waals surface area (Å²) in [5.41, 5.74) is 3.89. The molecule has 1 saturated heterocycles. The number of nitrogens with one attached hydrogen (secondary N) is 1. The zero-order valence-electron chi connectivity index (χ0n) is 19.4. The maximum atomic E-state index is 13.4. The van der Waals surface area contributed by atoms with Gasteiger partial charge in [-0.25, -0.2) is 4.98 Å². The summed E-state index contributed by atoms with van der Waals surface area (Å²) in [6, 6.07) is 7.85. The van der Waals surface area contributed by atoms with Crippen LogP contribution in [0, 0.1) is 13.8 Å². The molecule has 0 atom stereocenters. The van der Waals surface area contributed by atoms with Crippen LogP contribution in [0.2, 0.25) is 0 Å². The first-order chi connectivity index (χ1) is 15.4. The van der Waals surface area contributed by atoms with Gasteiger partial charge in [0.25, 0.3) is 5.56 Å². The maximum absolute atomic E-state index is 13.4. The molecule has 0 radical (unpaired) electrons. The standard InChI is InChI=1S/C24H32N6O2/c1-16(2)30-18(4)22(17(3)27-30)26-21(31)12-15-29-20-11-7-6-10-19(20)25-23(24(29)32)28-13-8-5-9-14-28/h6-7,10-11,16H,5,8-9,12-15H2,1-4H3,(H,26,31). The molecule has 3 aromatic rings. The summed E-state index contributed by atoms with van der Waals surface area (Å²) in [6.45, 7) is 9.97. The zero-order chi connectivity index (χ0) is 22.8. The Labute approximate surface area is 188 Å². The topological polar surface area (TPSA) is 85.0 Å². The van der Waals surface area contributed by atoms with Crippen molar-refractivity contribution in [3.8, 4) is 0 Å². The molecular formula is C24H32N6O2. The summed E-state index contributed by atoms with van der Waals surface area (Å²) in [5, 5.41) is 7.54. The quantitative estimate of drug-likeness (QED) is 0.635. The highest BCUT2D eigenvalue weighted by atomic mass is 16.2. The number of nitrogens with zero attached hydrogens (tertiary/aromatic N) is 5. The van der Waals surface area contributed by atoms with Crippen LogP contribution in [0.5, 0.6) is 0 Å².